The predicted molar refractivity (Wildman–Crippen MR) is 107 cm³/mol. The number of pyridine rings is 1. The van der Waals surface area contributed by atoms with Crippen LogP contribution in [0.4, 0.5) is 5.82 Å². The van der Waals surface area contributed by atoms with Crippen molar-refractivity contribution < 1.29 is 4.79 Å². The molecule has 0 spiro atoms. The number of nitrogens with zero attached hydrogens (tertiary/aromatic N) is 2. The maximum absolute atomic E-state index is 12.9. The maximum Gasteiger partial charge on any atom is 0.230 e. The van der Waals surface area contributed by atoms with Gasteiger partial charge in [-0.3, -0.25) is 4.79 Å². The fraction of sp³-hybridized carbons (Fsp3) is 0.429. The maximum atomic E-state index is 12.9. The number of amides is 1. The van der Waals surface area contributed by atoms with Crippen LogP contribution in [0.2, 0.25) is 0 Å². The molecule has 2 heterocycles. The molecule has 2 aliphatic rings. The van der Waals surface area contributed by atoms with Crippen molar-refractivity contribution in [2.75, 3.05) is 18.0 Å². The normalized spacial score (nSPS) is 18.4. The van der Waals surface area contributed by atoms with Crippen molar-refractivity contribution in [3.05, 3.63) is 58.2 Å². The Bertz CT molecular complexity index is 780. The summed E-state index contributed by atoms with van der Waals surface area (Å²) in [5.41, 5.74) is 1.88. The fourth-order valence-electron chi connectivity index (χ4n) is 3.84. The summed E-state index contributed by atoms with van der Waals surface area (Å²) in [4.78, 5) is 19.9. The zero-order valence-corrected chi connectivity index (χ0v) is 16.5. The number of aromatic nitrogens is 1. The molecular weight excluding hydrogens is 390 g/mol. The number of hydrogen-bond donors (Lipinski definition) is 1. The second-order valence-electron chi connectivity index (χ2n) is 7.31. The highest BCUT2D eigenvalue weighted by atomic mass is 79.9. The minimum absolute atomic E-state index is 0.133. The standard InChI is InChI=1S/C21H24BrN3O/c22-18-8-6-17(7-9-18)21(10-11-21)20(26)24-15-16-5-4-12-23-19(16)25-13-2-1-3-14-25/h4-9,12H,1-3,10-11,13-15H2,(H,24,26). The Hall–Kier alpha value is -1.88. The first kappa shape index (κ1) is 17.5. The van der Waals surface area contributed by atoms with Gasteiger partial charge in [-0.1, -0.05) is 34.1 Å². The topological polar surface area (TPSA) is 45.2 Å². The van der Waals surface area contributed by atoms with E-state index in [2.05, 4.69) is 49.3 Å². The summed E-state index contributed by atoms with van der Waals surface area (Å²) >= 11 is 3.46. The Morgan fingerprint density at radius 3 is 2.54 bits per heavy atom. The van der Waals surface area contributed by atoms with E-state index in [0.29, 0.717) is 6.54 Å². The van der Waals surface area contributed by atoms with Crippen LogP contribution in [-0.4, -0.2) is 24.0 Å². The molecule has 1 aromatic carbocycles. The Morgan fingerprint density at radius 1 is 1.12 bits per heavy atom. The van der Waals surface area contributed by atoms with Crippen LogP contribution in [-0.2, 0) is 16.8 Å². The Kier molecular flexibility index (Phi) is 4.98. The molecule has 0 atom stereocenters. The number of carbonyl (C=O) groups excluding carboxylic acids is 1. The third-order valence-electron chi connectivity index (χ3n) is 5.54. The molecule has 0 bridgehead atoms. The number of carbonyl (C=O) groups is 1. The molecule has 4 nitrogen and oxygen atoms in total. The first-order chi connectivity index (χ1) is 12.7. The van der Waals surface area contributed by atoms with Crippen LogP contribution < -0.4 is 10.2 Å². The van der Waals surface area contributed by atoms with E-state index in [4.69, 9.17) is 0 Å². The number of hydrogen-bond acceptors (Lipinski definition) is 3. The van der Waals surface area contributed by atoms with E-state index in [-0.39, 0.29) is 11.3 Å². The fourth-order valence-corrected chi connectivity index (χ4v) is 4.11. The highest BCUT2D eigenvalue weighted by molar-refractivity contribution is 9.10. The zero-order chi connectivity index (χ0) is 18.0. The second-order valence-corrected chi connectivity index (χ2v) is 8.22. The van der Waals surface area contributed by atoms with E-state index in [9.17, 15) is 4.79 Å². The third-order valence-corrected chi connectivity index (χ3v) is 6.07. The smallest absolute Gasteiger partial charge is 0.230 e. The summed E-state index contributed by atoms with van der Waals surface area (Å²) in [6.07, 6.45) is 7.42. The Balaban J connectivity index is 1.46. The van der Waals surface area contributed by atoms with Gasteiger partial charge in [-0.25, -0.2) is 4.98 Å². The third kappa shape index (κ3) is 3.50. The van der Waals surface area contributed by atoms with Gasteiger partial charge in [-0.2, -0.15) is 0 Å². The second kappa shape index (κ2) is 7.39. The minimum Gasteiger partial charge on any atom is -0.356 e. The molecule has 1 amide bonds. The van der Waals surface area contributed by atoms with Crippen molar-refractivity contribution in [2.24, 2.45) is 0 Å². The first-order valence-corrected chi connectivity index (χ1v) is 10.2. The van der Waals surface area contributed by atoms with Crippen molar-refractivity contribution in [1.82, 2.24) is 10.3 Å². The molecule has 136 valence electrons. The van der Waals surface area contributed by atoms with E-state index in [0.717, 1.165) is 47.3 Å². The summed E-state index contributed by atoms with van der Waals surface area (Å²) in [7, 11) is 0. The number of piperidine rings is 1. The summed E-state index contributed by atoms with van der Waals surface area (Å²) in [6.45, 7) is 2.65. The first-order valence-electron chi connectivity index (χ1n) is 9.42. The van der Waals surface area contributed by atoms with E-state index in [1.807, 2.05) is 24.4 Å². The van der Waals surface area contributed by atoms with E-state index in [1.54, 1.807) is 0 Å². The van der Waals surface area contributed by atoms with Gasteiger partial charge in [-0.05, 0) is 55.9 Å². The van der Waals surface area contributed by atoms with Crippen LogP contribution in [0.1, 0.15) is 43.2 Å². The van der Waals surface area contributed by atoms with E-state index < -0.39 is 0 Å². The van der Waals surface area contributed by atoms with Crippen LogP contribution in [0.3, 0.4) is 0 Å². The summed E-state index contributed by atoms with van der Waals surface area (Å²) in [5.74, 6) is 1.16. The van der Waals surface area contributed by atoms with Gasteiger partial charge in [0.05, 0.1) is 5.41 Å². The van der Waals surface area contributed by atoms with Crippen molar-refractivity contribution >= 4 is 27.7 Å². The average Bonchev–Trinajstić information content (AvgIpc) is 3.50. The molecule has 0 unspecified atom stereocenters. The molecule has 2 aromatic rings. The number of nitrogens with one attached hydrogen (secondary N) is 1. The Labute approximate surface area is 163 Å². The number of rotatable bonds is 5. The largest absolute Gasteiger partial charge is 0.356 e. The molecule has 1 aliphatic heterocycles. The lowest BCUT2D eigenvalue weighted by Crippen LogP contribution is -2.36. The van der Waals surface area contributed by atoms with Crippen LogP contribution in [0, 0.1) is 0 Å². The molecule has 4 rings (SSSR count). The summed E-state index contributed by atoms with van der Waals surface area (Å²) in [5, 5.41) is 3.18. The SMILES string of the molecule is O=C(NCc1cccnc1N1CCCCC1)C1(c2ccc(Br)cc2)CC1. The molecule has 26 heavy (non-hydrogen) atoms. The molecular formula is C21H24BrN3O. The van der Waals surface area contributed by atoms with Crippen molar-refractivity contribution in [3.8, 4) is 0 Å². The lowest BCUT2D eigenvalue weighted by Gasteiger charge is -2.29. The lowest BCUT2D eigenvalue weighted by atomic mass is 9.95. The van der Waals surface area contributed by atoms with Gasteiger partial charge < -0.3 is 10.2 Å². The number of benzene rings is 1. The van der Waals surface area contributed by atoms with Crippen molar-refractivity contribution in [3.63, 3.8) is 0 Å². The molecule has 1 aromatic heterocycles. The van der Waals surface area contributed by atoms with Gasteiger partial charge >= 0.3 is 0 Å². The molecule has 1 aliphatic carbocycles. The monoisotopic (exact) mass is 413 g/mol. The Morgan fingerprint density at radius 2 is 1.85 bits per heavy atom. The van der Waals surface area contributed by atoms with Crippen LogP contribution >= 0.6 is 15.9 Å². The zero-order valence-electron chi connectivity index (χ0n) is 14.9. The highest BCUT2D eigenvalue weighted by Gasteiger charge is 2.51. The summed E-state index contributed by atoms with van der Waals surface area (Å²) in [6, 6.07) is 12.2. The van der Waals surface area contributed by atoms with Gasteiger partial charge in [0.15, 0.2) is 0 Å². The molecule has 1 N–H and O–H groups in total. The molecule has 1 saturated carbocycles. The average molecular weight is 414 g/mol. The quantitative estimate of drug-likeness (QED) is 0.799. The predicted octanol–water partition coefficient (Wildman–Crippen LogP) is 4.18. The van der Waals surface area contributed by atoms with Crippen LogP contribution in [0.25, 0.3) is 0 Å². The van der Waals surface area contributed by atoms with Gasteiger partial charge in [0, 0.05) is 35.9 Å². The van der Waals surface area contributed by atoms with Crippen LogP contribution in [0.15, 0.2) is 47.1 Å². The van der Waals surface area contributed by atoms with E-state index in [1.165, 1.54) is 19.3 Å². The van der Waals surface area contributed by atoms with Gasteiger partial charge in [0.25, 0.3) is 0 Å². The molecule has 0 radical (unpaired) electrons. The van der Waals surface area contributed by atoms with E-state index >= 15 is 0 Å². The lowest BCUT2D eigenvalue weighted by molar-refractivity contribution is -0.123. The van der Waals surface area contributed by atoms with Crippen molar-refractivity contribution in [1.29, 1.82) is 0 Å². The molecule has 2 fully saturated rings. The highest BCUT2D eigenvalue weighted by Crippen LogP contribution is 2.48. The van der Waals surface area contributed by atoms with Gasteiger partial charge in [0.1, 0.15) is 5.82 Å². The minimum atomic E-state index is -0.339. The summed E-state index contributed by atoms with van der Waals surface area (Å²) < 4.78 is 1.04. The number of halogens is 1. The van der Waals surface area contributed by atoms with Gasteiger partial charge in [-0.15, -0.1) is 0 Å². The number of anilines is 1. The van der Waals surface area contributed by atoms with Gasteiger partial charge in [0.2, 0.25) is 5.91 Å². The van der Waals surface area contributed by atoms with Crippen molar-refractivity contribution in [2.45, 2.75) is 44.1 Å². The molecule has 5 heteroatoms. The van der Waals surface area contributed by atoms with Crippen LogP contribution in [0.5, 0.6) is 0 Å². The molecule has 1 saturated heterocycles.